The first-order chi connectivity index (χ1) is 10.4. The second-order valence-electron chi connectivity index (χ2n) is 5.10. The van der Waals surface area contributed by atoms with Crippen LogP contribution in [0.5, 0.6) is 11.5 Å². The van der Waals surface area contributed by atoms with Crippen LogP contribution < -0.4 is 9.47 Å². The number of nitrogens with zero attached hydrogens (tertiary/aromatic N) is 2. The van der Waals surface area contributed by atoms with Gasteiger partial charge in [0.25, 0.3) is 0 Å². The molecule has 4 nitrogen and oxygen atoms in total. The average molecular weight is 284 g/mol. The first-order valence-corrected chi connectivity index (χ1v) is 7.35. The summed E-state index contributed by atoms with van der Waals surface area (Å²) in [5.41, 5.74) is 2.46. The summed E-state index contributed by atoms with van der Waals surface area (Å²) in [5, 5.41) is 0. The van der Waals surface area contributed by atoms with E-state index in [1.165, 1.54) is 11.1 Å². The Morgan fingerprint density at radius 1 is 1.05 bits per heavy atom. The maximum Gasteiger partial charge on any atom is 0.165 e. The second kappa shape index (κ2) is 6.59. The monoisotopic (exact) mass is 284 g/mol. The molecule has 1 aliphatic heterocycles. The summed E-state index contributed by atoms with van der Waals surface area (Å²) in [6.45, 7) is 6.17. The zero-order valence-electron chi connectivity index (χ0n) is 12.3. The van der Waals surface area contributed by atoms with Gasteiger partial charge < -0.3 is 9.47 Å². The van der Waals surface area contributed by atoms with Crippen molar-refractivity contribution < 1.29 is 9.47 Å². The largest absolute Gasteiger partial charge is 0.486 e. The van der Waals surface area contributed by atoms with Crippen molar-refractivity contribution in [2.75, 3.05) is 19.8 Å². The number of hydrogen-bond donors (Lipinski definition) is 0. The van der Waals surface area contributed by atoms with Gasteiger partial charge in [-0.1, -0.05) is 19.1 Å². The van der Waals surface area contributed by atoms with Gasteiger partial charge in [-0.05, 0) is 30.3 Å². The predicted molar refractivity (Wildman–Crippen MR) is 81.5 cm³/mol. The van der Waals surface area contributed by atoms with Crippen molar-refractivity contribution in [1.82, 2.24) is 9.88 Å². The maximum absolute atomic E-state index is 5.79. The van der Waals surface area contributed by atoms with Crippen LogP contribution in [-0.4, -0.2) is 29.6 Å². The Labute approximate surface area is 125 Å². The number of aromatic nitrogens is 1. The molecule has 0 N–H and O–H groups in total. The van der Waals surface area contributed by atoms with Crippen LogP contribution in [0, 0.1) is 0 Å². The Bertz CT molecular complexity index is 587. The minimum atomic E-state index is 0.625. The van der Waals surface area contributed by atoms with E-state index in [2.05, 4.69) is 35.0 Å². The van der Waals surface area contributed by atoms with Gasteiger partial charge in [0.15, 0.2) is 11.5 Å². The summed E-state index contributed by atoms with van der Waals surface area (Å²) in [6.07, 6.45) is 3.68. The number of pyridine rings is 1. The fourth-order valence-electron chi connectivity index (χ4n) is 2.53. The Morgan fingerprint density at radius 3 is 2.67 bits per heavy atom. The van der Waals surface area contributed by atoms with Crippen molar-refractivity contribution in [3.8, 4) is 11.5 Å². The van der Waals surface area contributed by atoms with E-state index in [0.717, 1.165) is 31.1 Å². The molecule has 0 saturated heterocycles. The molecular weight excluding hydrogens is 264 g/mol. The third-order valence-corrected chi connectivity index (χ3v) is 3.64. The number of para-hydroxylation sites is 1. The molecule has 0 unspecified atom stereocenters. The average Bonchev–Trinajstić information content (AvgIpc) is 2.55. The van der Waals surface area contributed by atoms with Crippen LogP contribution in [-0.2, 0) is 13.1 Å². The van der Waals surface area contributed by atoms with Crippen molar-refractivity contribution >= 4 is 0 Å². The summed E-state index contributed by atoms with van der Waals surface area (Å²) < 4.78 is 11.4. The Morgan fingerprint density at radius 2 is 1.86 bits per heavy atom. The maximum atomic E-state index is 5.79. The molecule has 0 spiro atoms. The lowest BCUT2D eigenvalue weighted by atomic mass is 10.1. The molecule has 0 radical (unpaired) electrons. The first kappa shape index (κ1) is 13.9. The van der Waals surface area contributed by atoms with Crippen LogP contribution in [0.3, 0.4) is 0 Å². The highest BCUT2D eigenvalue weighted by molar-refractivity contribution is 5.47. The lowest BCUT2D eigenvalue weighted by molar-refractivity contribution is 0.166. The van der Waals surface area contributed by atoms with Crippen LogP contribution in [0.25, 0.3) is 0 Å². The molecule has 1 aliphatic rings. The van der Waals surface area contributed by atoms with E-state index in [1.54, 1.807) is 0 Å². The summed E-state index contributed by atoms with van der Waals surface area (Å²) in [7, 11) is 0. The third-order valence-electron chi connectivity index (χ3n) is 3.64. The van der Waals surface area contributed by atoms with Crippen LogP contribution >= 0.6 is 0 Å². The molecule has 1 aromatic heterocycles. The van der Waals surface area contributed by atoms with E-state index in [4.69, 9.17) is 9.47 Å². The lowest BCUT2D eigenvalue weighted by Crippen LogP contribution is -2.24. The molecular formula is C17H20N2O2. The van der Waals surface area contributed by atoms with Crippen molar-refractivity contribution in [1.29, 1.82) is 0 Å². The standard InChI is InChI=1S/C17H20N2O2/c1-2-19(12-14-6-8-18-9-7-14)13-15-4-3-5-16-17(15)21-11-10-20-16/h3-9H,2,10-13H2,1H3. The van der Waals surface area contributed by atoms with E-state index < -0.39 is 0 Å². The van der Waals surface area contributed by atoms with Crippen LogP contribution in [0.4, 0.5) is 0 Å². The molecule has 2 heterocycles. The minimum Gasteiger partial charge on any atom is -0.486 e. The molecule has 3 rings (SSSR count). The molecule has 110 valence electrons. The fraction of sp³-hybridized carbons (Fsp3) is 0.353. The fourth-order valence-corrected chi connectivity index (χ4v) is 2.53. The van der Waals surface area contributed by atoms with E-state index in [1.807, 2.05) is 24.5 Å². The number of ether oxygens (including phenoxy) is 2. The van der Waals surface area contributed by atoms with Crippen molar-refractivity contribution in [3.63, 3.8) is 0 Å². The SMILES string of the molecule is CCN(Cc1ccncc1)Cc1cccc2c1OCCO2. The Balaban J connectivity index is 1.75. The van der Waals surface area contributed by atoms with Gasteiger partial charge in [-0.15, -0.1) is 0 Å². The zero-order chi connectivity index (χ0) is 14.5. The number of hydrogen-bond acceptors (Lipinski definition) is 4. The van der Waals surface area contributed by atoms with Crippen LogP contribution in [0.2, 0.25) is 0 Å². The molecule has 0 amide bonds. The van der Waals surface area contributed by atoms with Gasteiger partial charge in [0, 0.05) is 31.0 Å². The minimum absolute atomic E-state index is 0.625. The number of benzene rings is 1. The van der Waals surface area contributed by atoms with Crippen LogP contribution in [0.1, 0.15) is 18.1 Å². The highest BCUT2D eigenvalue weighted by atomic mass is 16.6. The highest BCUT2D eigenvalue weighted by Gasteiger charge is 2.17. The van der Waals surface area contributed by atoms with Gasteiger partial charge in [-0.2, -0.15) is 0 Å². The molecule has 0 atom stereocenters. The first-order valence-electron chi connectivity index (χ1n) is 7.35. The summed E-state index contributed by atoms with van der Waals surface area (Å²) in [4.78, 5) is 6.44. The molecule has 0 bridgehead atoms. The Kier molecular flexibility index (Phi) is 4.36. The van der Waals surface area contributed by atoms with E-state index in [-0.39, 0.29) is 0 Å². The smallest absolute Gasteiger partial charge is 0.165 e. The van der Waals surface area contributed by atoms with Crippen molar-refractivity contribution in [2.45, 2.75) is 20.0 Å². The number of rotatable bonds is 5. The molecule has 21 heavy (non-hydrogen) atoms. The molecule has 0 saturated carbocycles. The molecule has 0 aliphatic carbocycles. The Hall–Kier alpha value is -2.07. The predicted octanol–water partition coefficient (Wildman–Crippen LogP) is 2.87. The quantitative estimate of drug-likeness (QED) is 0.845. The van der Waals surface area contributed by atoms with Gasteiger partial charge in [-0.25, -0.2) is 0 Å². The van der Waals surface area contributed by atoms with Gasteiger partial charge >= 0.3 is 0 Å². The molecule has 0 fully saturated rings. The van der Waals surface area contributed by atoms with Gasteiger partial charge in [-0.3, -0.25) is 9.88 Å². The topological polar surface area (TPSA) is 34.6 Å². The molecule has 4 heteroatoms. The summed E-state index contributed by atoms with van der Waals surface area (Å²) in [5.74, 6) is 1.76. The molecule has 1 aromatic carbocycles. The highest BCUT2D eigenvalue weighted by Crippen LogP contribution is 2.34. The van der Waals surface area contributed by atoms with Gasteiger partial charge in [0.1, 0.15) is 13.2 Å². The van der Waals surface area contributed by atoms with E-state index in [9.17, 15) is 0 Å². The lowest BCUT2D eigenvalue weighted by Gasteiger charge is -2.25. The van der Waals surface area contributed by atoms with E-state index in [0.29, 0.717) is 13.2 Å². The number of fused-ring (bicyclic) bond motifs is 1. The van der Waals surface area contributed by atoms with Gasteiger partial charge in [0.2, 0.25) is 0 Å². The normalized spacial score (nSPS) is 13.4. The summed E-state index contributed by atoms with van der Waals surface area (Å²) in [6, 6.07) is 10.2. The van der Waals surface area contributed by atoms with Gasteiger partial charge in [0.05, 0.1) is 0 Å². The zero-order valence-corrected chi connectivity index (χ0v) is 12.3. The van der Waals surface area contributed by atoms with Crippen molar-refractivity contribution in [3.05, 3.63) is 53.9 Å². The second-order valence-corrected chi connectivity index (χ2v) is 5.10. The van der Waals surface area contributed by atoms with E-state index >= 15 is 0 Å². The third kappa shape index (κ3) is 3.34. The molecule has 2 aromatic rings. The summed E-state index contributed by atoms with van der Waals surface area (Å²) >= 11 is 0. The van der Waals surface area contributed by atoms with Crippen LogP contribution in [0.15, 0.2) is 42.7 Å². The van der Waals surface area contributed by atoms with Crippen molar-refractivity contribution in [2.24, 2.45) is 0 Å².